The maximum absolute atomic E-state index is 12.6. The summed E-state index contributed by atoms with van der Waals surface area (Å²) in [5, 5.41) is 0. The van der Waals surface area contributed by atoms with Crippen molar-refractivity contribution in [3.63, 3.8) is 0 Å². The molecule has 0 saturated heterocycles. The average molecular weight is 510 g/mol. The molecule has 4 amide bonds. The number of nitrogens with zero attached hydrogens (tertiary/aromatic N) is 3. The number of hydrogen-bond donors (Lipinski definition) is 0. The van der Waals surface area contributed by atoms with Gasteiger partial charge in [-0.2, -0.15) is 0 Å². The van der Waals surface area contributed by atoms with E-state index < -0.39 is 0 Å². The molecule has 0 spiro atoms. The molecule has 0 aromatic heterocycles. The number of unbranched alkanes of at least 4 members (excludes halogenated alkanes) is 2. The van der Waals surface area contributed by atoms with E-state index in [1.54, 1.807) is 48.5 Å². The lowest BCUT2D eigenvalue weighted by atomic mass is 10.1. The van der Waals surface area contributed by atoms with Gasteiger partial charge in [-0.3, -0.25) is 33.9 Å². The summed E-state index contributed by atoms with van der Waals surface area (Å²) in [6, 6.07) is 24.2. The SMILES string of the molecule is O=C1c2ccccc2C(=O)N1CCCCN(CCCCN1C(=O)c2ccccc2C1=O)Cc1ccccc1. The minimum absolute atomic E-state index is 0.208. The van der Waals surface area contributed by atoms with E-state index in [9.17, 15) is 19.2 Å². The Morgan fingerprint density at radius 1 is 0.474 bits per heavy atom. The standard InChI is InChI=1S/C31H31N3O4/c35-28-24-14-4-5-15-25(24)29(36)33(28)20-10-8-18-32(22-23-12-2-1-3-13-23)19-9-11-21-34-30(37)26-16-6-7-17-27(26)31(34)38/h1-7,12-17H,8-11,18-22H2. The molecule has 5 rings (SSSR count). The lowest BCUT2D eigenvalue weighted by Crippen LogP contribution is -2.32. The molecule has 2 aliphatic heterocycles. The van der Waals surface area contributed by atoms with E-state index in [0.717, 1.165) is 45.3 Å². The van der Waals surface area contributed by atoms with Crippen molar-refractivity contribution in [2.24, 2.45) is 0 Å². The van der Waals surface area contributed by atoms with Gasteiger partial charge in [0.1, 0.15) is 0 Å². The van der Waals surface area contributed by atoms with Crippen LogP contribution in [-0.2, 0) is 6.54 Å². The Balaban J connectivity index is 1.11. The smallest absolute Gasteiger partial charge is 0.261 e. The highest BCUT2D eigenvalue weighted by Gasteiger charge is 2.35. The van der Waals surface area contributed by atoms with Gasteiger partial charge in [0.2, 0.25) is 0 Å². The summed E-state index contributed by atoms with van der Waals surface area (Å²) in [5.41, 5.74) is 3.17. The molecule has 38 heavy (non-hydrogen) atoms. The summed E-state index contributed by atoms with van der Waals surface area (Å²) in [6.45, 7) is 3.26. The van der Waals surface area contributed by atoms with Crippen LogP contribution in [0.3, 0.4) is 0 Å². The monoisotopic (exact) mass is 509 g/mol. The lowest BCUT2D eigenvalue weighted by molar-refractivity contribution is 0.0637. The van der Waals surface area contributed by atoms with Crippen molar-refractivity contribution >= 4 is 23.6 Å². The van der Waals surface area contributed by atoms with Crippen LogP contribution in [-0.4, -0.2) is 64.5 Å². The van der Waals surface area contributed by atoms with Crippen molar-refractivity contribution in [2.45, 2.75) is 32.2 Å². The first-order valence-corrected chi connectivity index (χ1v) is 13.2. The Morgan fingerprint density at radius 2 is 0.842 bits per heavy atom. The van der Waals surface area contributed by atoms with Gasteiger partial charge in [-0.15, -0.1) is 0 Å². The van der Waals surface area contributed by atoms with Gasteiger partial charge >= 0.3 is 0 Å². The molecule has 0 saturated carbocycles. The zero-order chi connectivity index (χ0) is 26.5. The van der Waals surface area contributed by atoms with Gasteiger partial charge in [-0.25, -0.2) is 0 Å². The summed E-state index contributed by atoms with van der Waals surface area (Å²) in [7, 11) is 0. The van der Waals surface area contributed by atoms with Gasteiger partial charge in [0.15, 0.2) is 0 Å². The average Bonchev–Trinajstić information content (AvgIpc) is 3.34. The van der Waals surface area contributed by atoms with E-state index in [-0.39, 0.29) is 23.6 Å². The first-order chi connectivity index (χ1) is 18.5. The molecule has 7 heteroatoms. The van der Waals surface area contributed by atoms with Gasteiger partial charge in [0.05, 0.1) is 22.3 Å². The Labute approximate surface area is 222 Å². The lowest BCUT2D eigenvalue weighted by Gasteiger charge is -2.23. The Morgan fingerprint density at radius 3 is 1.24 bits per heavy atom. The molecular weight excluding hydrogens is 478 g/mol. The maximum atomic E-state index is 12.6. The van der Waals surface area contributed by atoms with Crippen LogP contribution < -0.4 is 0 Å². The highest BCUT2D eigenvalue weighted by atomic mass is 16.2. The predicted molar refractivity (Wildman–Crippen MR) is 144 cm³/mol. The van der Waals surface area contributed by atoms with E-state index in [0.29, 0.717) is 35.3 Å². The Kier molecular flexibility index (Phi) is 7.75. The van der Waals surface area contributed by atoms with Crippen LogP contribution in [0.15, 0.2) is 78.9 Å². The Hall–Kier alpha value is -4.10. The molecule has 7 nitrogen and oxygen atoms in total. The van der Waals surface area contributed by atoms with Gasteiger partial charge in [-0.1, -0.05) is 54.6 Å². The van der Waals surface area contributed by atoms with Crippen LogP contribution in [0.1, 0.15) is 72.7 Å². The quantitative estimate of drug-likeness (QED) is 0.263. The third-order valence-electron chi connectivity index (χ3n) is 7.22. The van der Waals surface area contributed by atoms with Crippen molar-refractivity contribution in [3.05, 3.63) is 107 Å². The number of rotatable bonds is 12. The maximum Gasteiger partial charge on any atom is 0.261 e. The minimum atomic E-state index is -0.208. The van der Waals surface area contributed by atoms with Crippen molar-refractivity contribution in [2.75, 3.05) is 26.2 Å². The van der Waals surface area contributed by atoms with E-state index >= 15 is 0 Å². The van der Waals surface area contributed by atoms with Gasteiger partial charge < -0.3 is 0 Å². The fourth-order valence-corrected chi connectivity index (χ4v) is 5.21. The van der Waals surface area contributed by atoms with Crippen molar-refractivity contribution in [1.82, 2.24) is 14.7 Å². The van der Waals surface area contributed by atoms with Crippen LogP contribution in [0.2, 0.25) is 0 Å². The topological polar surface area (TPSA) is 78.0 Å². The van der Waals surface area contributed by atoms with Crippen LogP contribution in [0.4, 0.5) is 0 Å². The van der Waals surface area contributed by atoms with Gasteiger partial charge in [0.25, 0.3) is 23.6 Å². The molecule has 2 heterocycles. The number of fused-ring (bicyclic) bond motifs is 2. The summed E-state index contributed by atoms with van der Waals surface area (Å²) in [4.78, 5) is 55.6. The van der Waals surface area contributed by atoms with Crippen molar-refractivity contribution in [1.29, 1.82) is 0 Å². The molecule has 0 N–H and O–H groups in total. The van der Waals surface area contributed by atoms with Crippen molar-refractivity contribution in [3.8, 4) is 0 Å². The second-order valence-electron chi connectivity index (χ2n) is 9.79. The van der Waals surface area contributed by atoms with Crippen LogP contribution in [0.5, 0.6) is 0 Å². The molecule has 0 radical (unpaired) electrons. The third-order valence-corrected chi connectivity index (χ3v) is 7.22. The molecule has 2 aliphatic rings. The number of hydrogen-bond acceptors (Lipinski definition) is 5. The summed E-state index contributed by atoms with van der Waals surface area (Å²) in [5.74, 6) is -0.834. The van der Waals surface area contributed by atoms with E-state index in [1.807, 2.05) is 18.2 Å². The van der Waals surface area contributed by atoms with Gasteiger partial charge in [0, 0.05) is 19.6 Å². The summed E-state index contributed by atoms with van der Waals surface area (Å²) >= 11 is 0. The number of amides is 4. The van der Waals surface area contributed by atoms with E-state index in [2.05, 4.69) is 17.0 Å². The molecule has 194 valence electrons. The van der Waals surface area contributed by atoms with Crippen LogP contribution >= 0.6 is 0 Å². The highest BCUT2D eigenvalue weighted by Crippen LogP contribution is 2.24. The normalized spacial score (nSPS) is 14.6. The van der Waals surface area contributed by atoms with Gasteiger partial charge in [-0.05, 0) is 68.6 Å². The first kappa shape index (κ1) is 25.5. The number of imide groups is 2. The zero-order valence-electron chi connectivity index (χ0n) is 21.3. The highest BCUT2D eigenvalue weighted by molar-refractivity contribution is 6.22. The van der Waals surface area contributed by atoms with Crippen LogP contribution in [0, 0.1) is 0 Å². The second kappa shape index (κ2) is 11.5. The fourth-order valence-electron chi connectivity index (χ4n) is 5.21. The van der Waals surface area contributed by atoms with Crippen molar-refractivity contribution < 1.29 is 19.2 Å². The summed E-state index contributed by atoms with van der Waals surface area (Å²) in [6.07, 6.45) is 3.15. The number of benzene rings is 3. The molecule has 0 fully saturated rings. The second-order valence-corrected chi connectivity index (χ2v) is 9.79. The summed E-state index contributed by atoms with van der Waals surface area (Å²) < 4.78 is 0. The molecule has 3 aromatic carbocycles. The molecule has 0 bridgehead atoms. The minimum Gasteiger partial charge on any atom is -0.299 e. The molecule has 0 unspecified atom stereocenters. The van der Waals surface area contributed by atoms with E-state index in [4.69, 9.17) is 0 Å². The Bertz CT molecular complexity index is 1200. The molecular formula is C31H31N3O4. The molecule has 3 aromatic rings. The predicted octanol–water partition coefficient (Wildman–Crippen LogP) is 4.64. The van der Waals surface area contributed by atoms with Crippen LogP contribution in [0.25, 0.3) is 0 Å². The van der Waals surface area contributed by atoms with E-state index in [1.165, 1.54) is 15.4 Å². The molecule has 0 atom stereocenters. The fraction of sp³-hybridized carbons (Fsp3) is 0.290. The number of carbonyl (C=O) groups excluding carboxylic acids is 4. The molecule has 0 aliphatic carbocycles. The number of carbonyl (C=O) groups is 4. The largest absolute Gasteiger partial charge is 0.299 e. The third kappa shape index (κ3) is 5.29. The first-order valence-electron chi connectivity index (χ1n) is 13.2. The zero-order valence-corrected chi connectivity index (χ0v) is 21.3.